The Morgan fingerprint density at radius 1 is 1.00 bits per heavy atom. The van der Waals surface area contributed by atoms with Crippen LogP contribution in [0.3, 0.4) is 0 Å². The molecular weight excluding hydrogens is 347 g/mol. The predicted molar refractivity (Wildman–Crippen MR) is 115 cm³/mol. The Kier molecular flexibility index (Phi) is 6.04. The van der Waals surface area contributed by atoms with Crippen molar-refractivity contribution in [2.24, 2.45) is 17.8 Å². The highest BCUT2D eigenvalue weighted by molar-refractivity contribution is 5.84. The van der Waals surface area contributed by atoms with Crippen LogP contribution in [0.15, 0.2) is 42.5 Å². The van der Waals surface area contributed by atoms with E-state index in [1.54, 1.807) is 6.07 Å². The maximum absolute atomic E-state index is 14.5. The molecule has 150 valence electrons. The largest absolute Gasteiger partial charge is 0.486 e. The van der Waals surface area contributed by atoms with Crippen LogP contribution >= 0.6 is 0 Å². The van der Waals surface area contributed by atoms with Gasteiger partial charge < -0.3 is 4.74 Å². The van der Waals surface area contributed by atoms with Crippen LogP contribution in [0, 0.1) is 23.6 Å². The highest BCUT2D eigenvalue weighted by Gasteiger charge is 2.35. The van der Waals surface area contributed by atoms with Crippen molar-refractivity contribution < 1.29 is 9.13 Å². The zero-order valence-corrected chi connectivity index (χ0v) is 17.3. The van der Waals surface area contributed by atoms with Gasteiger partial charge in [0, 0.05) is 0 Å². The van der Waals surface area contributed by atoms with Gasteiger partial charge in [-0.2, -0.15) is 0 Å². The van der Waals surface area contributed by atoms with E-state index in [1.165, 1.54) is 50.5 Å². The fourth-order valence-corrected chi connectivity index (χ4v) is 5.53. The molecule has 2 aromatic rings. The van der Waals surface area contributed by atoms with Crippen LogP contribution in [-0.4, -0.2) is 6.61 Å². The van der Waals surface area contributed by atoms with Gasteiger partial charge in [-0.05, 0) is 91.2 Å². The Morgan fingerprint density at radius 3 is 2.64 bits per heavy atom. The van der Waals surface area contributed by atoms with Gasteiger partial charge >= 0.3 is 0 Å². The summed E-state index contributed by atoms with van der Waals surface area (Å²) >= 11 is 0. The SMILES string of the molecule is C/C=C/COc1cc2ccc(C3CCC4CC(CC)CCC4C3)cc2cc1F. The Labute approximate surface area is 169 Å². The zero-order chi connectivity index (χ0) is 19.5. The molecule has 4 rings (SSSR count). The van der Waals surface area contributed by atoms with E-state index in [-0.39, 0.29) is 5.82 Å². The fourth-order valence-electron chi connectivity index (χ4n) is 5.53. The van der Waals surface area contributed by atoms with Crippen LogP contribution in [0.4, 0.5) is 4.39 Å². The van der Waals surface area contributed by atoms with E-state index in [0.717, 1.165) is 28.5 Å². The van der Waals surface area contributed by atoms with Crippen molar-refractivity contribution >= 4 is 10.8 Å². The van der Waals surface area contributed by atoms with Crippen LogP contribution in [0.1, 0.15) is 70.3 Å². The topological polar surface area (TPSA) is 9.23 Å². The quantitative estimate of drug-likeness (QED) is 0.484. The van der Waals surface area contributed by atoms with Gasteiger partial charge in [0.05, 0.1) is 0 Å². The number of hydrogen-bond donors (Lipinski definition) is 0. The average molecular weight is 381 g/mol. The number of halogens is 1. The standard InChI is InChI=1S/C26H33FO/c1-3-5-12-28-26-17-23-11-10-22(15-24(23)16-25(26)27)21-9-8-19-13-18(4-2)6-7-20(19)14-21/h3,5,10-11,15-21H,4,6-9,12-14H2,1-2H3/b5-3+. The third-order valence-corrected chi connectivity index (χ3v) is 7.26. The molecule has 28 heavy (non-hydrogen) atoms. The van der Waals surface area contributed by atoms with Gasteiger partial charge in [-0.15, -0.1) is 0 Å². The Bertz CT molecular complexity index is 840. The highest BCUT2D eigenvalue weighted by atomic mass is 19.1. The predicted octanol–water partition coefficient (Wildman–Crippen LogP) is 7.64. The van der Waals surface area contributed by atoms with Crippen LogP contribution < -0.4 is 4.74 Å². The fraction of sp³-hybridized carbons (Fsp3) is 0.538. The molecule has 0 saturated heterocycles. The number of rotatable bonds is 5. The molecule has 0 spiro atoms. The number of fused-ring (bicyclic) bond motifs is 2. The minimum absolute atomic E-state index is 0.268. The second kappa shape index (κ2) is 8.68. The van der Waals surface area contributed by atoms with E-state index in [0.29, 0.717) is 18.3 Å². The van der Waals surface area contributed by atoms with Crippen molar-refractivity contribution in [1.82, 2.24) is 0 Å². The number of benzene rings is 2. The molecule has 2 aromatic carbocycles. The minimum atomic E-state index is -0.268. The second-order valence-electron chi connectivity index (χ2n) is 8.89. The molecular formula is C26H33FO. The lowest BCUT2D eigenvalue weighted by molar-refractivity contribution is 0.116. The molecule has 2 saturated carbocycles. The Hall–Kier alpha value is -1.83. The van der Waals surface area contributed by atoms with Crippen LogP contribution in [0.25, 0.3) is 10.8 Å². The summed E-state index contributed by atoms with van der Waals surface area (Å²) in [6, 6.07) is 10.1. The van der Waals surface area contributed by atoms with Crippen molar-refractivity contribution in [1.29, 1.82) is 0 Å². The van der Waals surface area contributed by atoms with E-state index in [9.17, 15) is 4.39 Å². The molecule has 0 amide bonds. The number of hydrogen-bond acceptors (Lipinski definition) is 1. The van der Waals surface area contributed by atoms with E-state index >= 15 is 0 Å². The van der Waals surface area contributed by atoms with Gasteiger partial charge in [-0.25, -0.2) is 4.39 Å². The monoisotopic (exact) mass is 380 g/mol. The van der Waals surface area contributed by atoms with Crippen LogP contribution in [0.5, 0.6) is 5.75 Å². The smallest absolute Gasteiger partial charge is 0.165 e. The van der Waals surface area contributed by atoms with Crippen LogP contribution in [-0.2, 0) is 0 Å². The molecule has 0 bridgehead atoms. The van der Waals surface area contributed by atoms with Gasteiger partial charge in [0.25, 0.3) is 0 Å². The first-order valence-electron chi connectivity index (χ1n) is 11.1. The summed E-state index contributed by atoms with van der Waals surface area (Å²) in [5.41, 5.74) is 1.39. The molecule has 0 radical (unpaired) electrons. The second-order valence-corrected chi connectivity index (χ2v) is 8.89. The van der Waals surface area contributed by atoms with Crippen molar-refractivity contribution in [3.8, 4) is 5.75 Å². The third-order valence-electron chi connectivity index (χ3n) is 7.26. The lowest BCUT2D eigenvalue weighted by Crippen LogP contribution is -2.30. The maximum atomic E-state index is 14.5. The maximum Gasteiger partial charge on any atom is 0.165 e. The average Bonchev–Trinajstić information content (AvgIpc) is 2.73. The molecule has 0 N–H and O–H groups in total. The highest BCUT2D eigenvalue weighted by Crippen LogP contribution is 2.48. The molecule has 4 atom stereocenters. The van der Waals surface area contributed by atoms with Gasteiger partial charge in [-0.3, -0.25) is 0 Å². The molecule has 0 heterocycles. The van der Waals surface area contributed by atoms with Gasteiger partial charge in [-0.1, -0.05) is 50.1 Å². The van der Waals surface area contributed by atoms with Gasteiger partial charge in [0.1, 0.15) is 6.61 Å². The van der Waals surface area contributed by atoms with Crippen LogP contribution in [0.2, 0.25) is 0 Å². The summed E-state index contributed by atoms with van der Waals surface area (Å²) in [4.78, 5) is 0. The first kappa shape index (κ1) is 19.5. The first-order valence-corrected chi connectivity index (χ1v) is 11.1. The molecule has 0 aliphatic heterocycles. The molecule has 1 nitrogen and oxygen atoms in total. The molecule has 2 fully saturated rings. The van der Waals surface area contributed by atoms with E-state index < -0.39 is 0 Å². The van der Waals surface area contributed by atoms with Crippen molar-refractivity contribution in [3.05, 3.63) is 53.9 Å². The zero-order valence-electron chi connectivity index (χ0n) is 17.3. The third kappa shape index (κ3) is 4.11. The van der Waals surface area contributed by atoms with Crippen molar-refractivity contribution in [2.45, 2.75) is 64.7 Å². The number of ether oxygens (including phenoxy) is 1. The van der Waals surface area contributed by atoms with Crippen molar-refractivity contribution in [2.75, 3.05) is 6.61 Å². The Morgan fingerprint density at radius 2 is 1.82 bits per heavy atom. The normalized spacial score (nSPS) is 27.8. The van der Waals surface area contributed by atoms with Gasteiger partial charge in [0.15, 0.2) is 11.6 Å². The molecule has 2 heteroatoms. The lowest BCUT2D eigenvalue weighted by Gasteiger charge is -2.42. The summed E-state index contributed by atoms with van der Waals surface area (Å²) < 4.78 is 20.0. The van der Waals surface area contributed by atoms with E-state index in [4.69, 9.17) is 4.74 Å². The first-order chi connectivity index (χ1) is 13.7. The summed E-state index contributed by atoms with van der Waals surface area (Å²) in [5, 5.41) is 2.04. The molecule has 4 unspecified atom stereocenters. The summed E-state index contributed by atoms with van der Waals surface area (Å²) in [5.74, 6) is 3.52. The molecule has 2 aliphatic rings. The molecule has 0 aromatic heterocycles. The Balaban J connectivity index is 1.50. The summed E-state index contributed by atoms with van der Waals surface area (Å²) in [6.07, 6.45) is 13.4. The summed E-state index contributed by atoms with van der Waals surface area (Å²) in [6.45, 7) is 4.69. The lowest BCUT2D eigenvalue weighted by atomic mass is 9.63. The van der Waals surface area contributed by atoms with Crippen molar-refractivity contribution in [3.63, 3.8) is 0 Å². The molecule has 2 aliphatic carbocycles. The van der Waals surface area contributed by atoms with Gasteiger partial charge in [0.2, 0.25) is 0 Å². The minimum Gasteiger partial charge on any atom is -0.486 e. The van der Waals surface area contributed by atoms with E-state index in [2.05, 4.69) is 25.1 Å². The summed E-state index contributed by atoms with van der Waals surface area (Å²) in [7, 11) is 0. The van der Waals surface area contributed by atoms with E-state index in [1.807, 2.05) is 25.1 Å². The number of allylic oxidation sites excluding steroid dienone is 1.